The molecule has 0 amide bonds. The smallest absolute Gasteiger partial charge is 0.306 e. The fraction of sp³-hybridized carbons (Fsp3) is 0.754. The van der Waals surface area contributed by atoms with Crippen LogP contribution < -0.4 is 0 Å². The molecular weight excluding hydrogens is 925 g/mol. The lowest BCUT2D eigenvalue weighted by molar-refractivity contribution is -0.167. The number of carbonyl (C=O) groups excluding carboxylic acids is 3. The van der Waals surface area contributed by atoms with Gasteiger partial charge in [0.25, 0.3) is 0 Å². The van der Waals surface area contributed by atoms with E-state index in [4.69, 9.17) is 14.2 Å². The van der Waals surface area contributed by atoms with E-state index in [2.05, 4.69) is 106 Å². The largest absolute Gasteiger partial charge is 0.462 e. The molecule has 0 saturated carbocycles. The molecule has 0 spiro atoms. The quantitative estimate of drug-likeness (QED) is 0.0261. The zero-order valence-electron chi connectivity index (χ0n) is 49.6. The Hall–Kier alpha value is -3.41. The van der Waals surface area contributed by atoms with Gasteiger partial charge in [0.1, 0.15) is 13.2 Å². The Balaban J connectivity index is 4.33. The lowest BCUT2D eigenvalue weighted by Gasteiger charge is -2.18. The van der Waals surface area contributed by atoms with E-state index in [9.17, 15) is 14.4 Å². The standard InChI is InChI=1S/C69H120O6/c1-4-7-10-13-16-19-22-25-28-30-31-32-33-34-35-36-37-39-41-44-47-50-53-56-59-62-68(71)74-65-66(64-73-67(70)61-58-55-52-49-46-43-40-27-24-21-18-15-12-9-6-3)75-69(72)63-60-57-54-51-48-45-42-38-29-26-23-20-17-14-11-8-5-2/h7,10,16-17,19-20,25-29,31-32,40,66H,4-6,8-9,11-15,18,21-24,30,33-39,41-65H2,1-3H3/b10-7-,19-16-,20-17-,28-25-,29-26-,32-31-,40-27-. The monoisotopic (exact) mass is 1040 g/mol. The maximum atomic E-state index is 12.9. The van der Waals surface area contributed by atoms with Gasteiger partial charge in [-0.15, -0.1) is 0 Å². The minimum atomic E-state index is -0.786. The SMILES string of the molecule is CC/C=C\C/C=C\C/C=C\C/C=C\CCCCCCCCCCCCCCC(=O)OCC(COC(=O)CCCCCCC/C=C\CCCCCCCC)OC(=O)CCCCCCCCC/C=C\C/C=C\CCCCC. The van der Waals surface area contributed by atoms with Crippen LogP contribution in [-0.4, -0.2) is 37.2 Å². The van der Waals surface area contributed by atoms with Crippen molar-refractivity contribution in [1.29, 1.82) is 0 Å². The number of hydrogen-bond donors (Lipinski definition) is 0. The van der Waals surface area contributed by atoms with Crippen LogP contribution >= 0.6 is 0 Å². The van der Waals surface area contributed by atoms with Crippen molar-refractivity contribution < 1.29 is 28.6 Å². The number of ether oxygens (including phenoxy) is 3. The molecule has 1 atom stereocenters. The van der Waals surface area contributed by atoms with Crippen molar-refractivity contribution in [1.82, 2.24) is 0 Å². The van der Waals surface area contributed by atoms with E-state index in [1.165, 1.54) is 173 Å². The van der Waals surface area contributed by atoms with Crippen LogP contribution in [0.4, 0.5) is 0 Å². The molecule has 0 saturated heterocycles. The van der Waals surface area contributed by atoms with Crippen LogP contribution in [0.15, 0.2) is 85.1 Å². The van der Waals surface area contributed by atoms with Crippen molar-refractivity contribution in [2.24, 2.45) is 0 Å². The Morgan fingerprint density at radius 3 is 0.853 bits per heavy atom. The lowest BCUT2D eigenvalue weighted by Crippen LogP contribution is -2.30. The third kappa shape index (κ3) is 61.3. The normalized spacial score (nSPS) is 12.6. The van der Waals surface area contributed by atoms with Gasteiger partial charge < -0.3 is 14.2 Å². The molecule has 1 unspecified atom stereocenters. The van der Waals surface area contributed by atoms with Gasteiger partial charge in [-0.3, -0.25) is 14.4 Å². The highest BCUT2D eigenvalue weighted by Gasteiger charge is 2.19. The number of allylic oxidation sites excluding steroid dienone is 14. The second kappa shape index (κ2) is 63.1. The van der Waals surface area contributed by atoms with Crippen LogP contribution in [0.5, 0.6) is 0 Å². The van der Waals surface area contributed by atoms with Gasteiger partial charge in [-0.1, -0.05) is 266 Å². The van der Waals surface area contributed by atoms with Gasteiger partial charge in [-0.2, -0.15) is 0 Å². The van der Waals surface area contributed by atoms with Gasteiger partial charge in [0.15, 0.2) is 6.10 Å². The fourth-order valence-electron chi connectivity index (χ4n) is 9.05. The highest BCUT2D eigenvalue weighted by molar-refractivity contribution is 5.71. The Kier molecular flexibility index (Phi) is 60.3. The Bertz CT molecular complexity index is 1430. The van der Waals surface area contributed by atoms with Gasteiger partial charge in [0.2, 0.25) is 0 Å². The van der Waals surface area contributed by atoms with Crippen molar-refractivity contribution in [2.45, 2.75) is 322 Å². The highest BCUT2D eigenvalue weighted by Crippen LogP contribution is 2.16. The summed E-state index contributed by atoms with van der Waals surface area (Å²) in [5.74, 6) is -0.888. The van der Waals surface area contributed by atoms with E-state index in [-0.39, 0.29) is 31.1 Å². The summed E-state index contributed by atoms with van der Waals surface area (Å²) in [4.78, 5) is 38.3. The summed E-state index contributed by atoms with van der Waals surface area (Å²) in [7, 11) is 0. The van der Waals surface area contributed by atoms with Gasteiger partial charge in [0, 0.05) is 19.3 Å². The maximum absolute atomic E-state index is 12.9. The van der Waals surface area contributed by atoms with E-state index in [0.717, 1.165) is 103 Å². The van der Waals surface area contributed by atoms with E-state index in [1.807, 2.05) is 0 Å². The summed E-state index contributed by atoms with van der Waals surface area (Å²) in [6.07, 6.45) is 83.0. The fourth-order valence-corrected chi connectivity index (χ4v) is 9.05. The lowest BCUT2D eigenvalue weighted by atomic mass is 10.0. The summed E-state index contributed by atoms with van der Waals surface area (Å²) < 4.78 is 16.9. The average molecular weight is 1050 g/mol. The first-order chi connectivity index (χ1) is 37.0. The molecular formula is C69H120O6. The van der Waals surface area contributed by atoms with Crippen LogP contribution in [0.25, 0.3) is 0 Å². The van der Waals surface area contributed by atoms with Crippen LogP contribution in [0.2, 0.25) is 0 Å². The number of unbranched alkanes of at least 4 members (excludes halogenated alkanes) is 33. The number of carbonyl (C=O) groups is 3. The first-order valence-corrected chi connectivity index (χ1v) is 32.1. The molecule has 0 fully saturated rings. The summed E-state index contributed by atoms with van der Waals surface area (Å²) in [5, 5.41) is 0. The summed E-state index contributed by atoms with van der Waals surface area (Å²) in [6, 6.07) is 0. The summed E-state index contributed by atoms with van der Waals surface area (Å²) >= 11 is 0. The molecule has 0 N–H and O–H groups in total. The van der Waals surface area contributed by atoms with Crippen LogP contribution in [-0.2, 0) is 28.6 Å². The third-order valence-electron chi connectivity index (χ3n) is 13.9. The summed E-state index contributed by atoms with van der Waals surface area (Å²) in [6.45, 7) is 6.51. The molecule has 0 aliphatic heterocycles. The predicted octanol–water partition coefficient (Wildman–Crippen LogP) is 21.9. The average Bonchev–Trinajstić information content (AvgIpc) is 3.41. The molecule has 432 valence electrons. The molecule has 0 aromatic heterocycles. The van der Waals surface area contributed by atoms with Crippen LogP contribution in [0, 0.1) is 0 Å². The Morgan fingerprint density at radius 2 is 0.520 bits per heavy atom. The van der Waals surface area contributed by atoms with Gasteiger partial charge in [0.05, 0.1) is 0 Å². The third-order valence-corrected chi connectivity index (χ3v) is 13.9. The maximum Gasteiger partial charge on any atom is 0.306 e. The van der Waals surface area contributed by atoms with Gasteiger partial charge >= 0.3 is 17.9 Å². The number of hydrogen-bond acceptors (Lipinski definition) is 6. The van der Waals surface area contributed by atoms with Crippen LogP contribution in [0.3, 0.4) is 0 Å². The molecule has 0 aliphatic carbocycles. The number of rotatable bonds is 58. The molecule has 6 heteroatoms. The van der Waals surface area contributed by atoms with Crippen molar-refractivity contribution in [3.8, 4) is 0 Å². The molecule has 0 aliphatic rings. The van der Waals surface area contributed by atoms with Gasteiger partial charge in [-0.25, -0.2) is 0 Å². The number of esters is 3. The first-order valence-electron chi connectivity index (χ1n) is 32.1. The van der Waals surface area contributed by atoms with Gasteiger partial charge in [-0.05, 0) is 116 Å². The molecule has 0 bridgehead atoms. The zero-order valence-corrected chi connectivity index (χ0v) is 49.6. The van der Waals surface area contributed by atoms with Crippen molar-refractivity contribution in [2.75, 3.05) is 13.2 Å². The molecule has 75 heavy (non-hydrogen) atoms. The zero-order chi connectivity index (χ0) is 54.3. The molecule has 0 radical (unpaired) electrons. The molecule has 6 nitrogen and oxygen atoms in total. The van der Waals surface area contributed by atoms with E-state index in [1.54, 1.807) is 0 Å². The minimum absolute atomic E-state index is 0.0819. The Morgan fingerprint density at radius 1 is 0.280 bits per heavy atom. The summed E-state index contributed by atoms with van der Waals surface area (Å²) in [5.41, 5.74) is 0. The second-order valence-corrected chi connectivity index (χ2v) is 21.3. The van der Waals surface area contributed by atoms with Crippen LogP contribution in [0.1, 0.15) is 316 Å². The molecule has 0 rings (SSSR count). The molecule has 0 aromatic rings. The Labute approximate surface area is 465 Å². The van der Waals surface area contributed by atoms with E-state index >= 15 is 0 Å². The van der Waals surface area contributed by atoms with E-state index in [0.29, 0.717) is 19.3 Å². The second-order valence-electron chi connectivity index (χ2n) is 21.3. The van der Waals surface area contributed by atoms with Crippen molar-refractivity contribution in [3.05, 3.63) is 85.1 Å². The van der Waals surface area contributed by atoms with Crippen molar-refractivity contribution in [3.63, 3.8) is 0 Å². The van der Waals surface area contributed by atoms with Crippen molar-refractivity contribution >= 4 is 17.9 Å². The minimum Gasteiger partial charge on any atom is -0.462 e. The molecule has 0 heterocycles. The van der Waals surface area contributed by atoms with E-state index < -0.39 is 6.10 Å². The topological polar surface area (TPSA) is 78.9 Å². The first kappa shape index (κ1) is 71.6. The molecule has 0 aromatic carbocycles. The predicted molar refractivity (Wildman–Crippen MR) is 325 cm³/mol. The highest BCUT2D eigenvalue weighted by atomic mass is 16.6.